The SMILES string of the molecule is CC1(C)CCC(Nc2cncc(Br)c2)C1. The molecule has 2 nitrogen and oxygen atoms in total. The Kier molecular flexibility index (Phi) is 3.01. The fraction of sp³-hybridized carbons (Fsp3) is 0.583. The van der Waals surface area contributed by atoms with Crippen molar-refractivity contribution in [3.8, 4) is 0 Å². The van der Waals surface area contributed by atoms with Gasteiger partial charge in [0.25, 0.3) is 0 Å². The molecule has 1 saturated carbocycles. The quantitative estimate of drug-likeness (QED) is 0.882. The third kappa shape index (κ3) is 2.94. The molecule has 15 heavy (non-hydrogen) atoms. The van der Waals surface area contributed by atoms with Crippen molar-refractivity contribution in [1.82, 2.24) is 4.98 Å². The molecule has 2 rings (SSSR count). The first-order chi connectivity index (χ1) is 7.05. The average molecular weight is 269 g/mol. The normalized spacial score (nSPS) is 24.1. The molecule has 3 heteroatoms. The third-order valence-electron chi connectivity index (χ3n) is 3.04. The van der Waals surface area contributed by atoms with Crippen LogP contribution in [0.1, 0.15) is 33.1 Å². The number of hydrogen-bond acceptors (Lipinski definition) is 2. The zero-order valence-electron chi connectivity index (χ0n) is 9.26. The minimum Gasteiger partial charge on any atom is -0.381 e. The molecule has 0 aromatic carbocycles. The molecule has 0 radical (unpaired) electrons. The zero-order chi connectivity index (χ0) is 10.9. The highest BCUT2D eigenvalue weighted by atomic mass is 79.9. The maximum atomic E-state index is 4.15. The Morgan fingerprint density at radius 2 is 2.27 bits per heavy atom. The summed E-state index contributed by atoms with van der Waals surface area (Å²) in [7, 11) is 0. The minimum absolute atomic E-state index is 0.497. The Bertz CT molecular complexity index is 349. The molecule has 82 valence electrons. The summed E-state index contributed by atoms with van der Waals surface area (Å²) in [6.45, 7) is 4.68. The van der Waals surface area contributed by atoms with Crippen molar-refractivity contribution in [3.05, 3.63) is 22.9 Å². The molecule has 0 saturated heterocycles. The van der Waals surface area contributed by atoms with Crippen LogP contribution in [0.2, 0.25) is 0 Å². The van der Waals surface area contributed by atoms with Crippen LogP contribution in [0.4, 0.5) is 5.69 Å². The molecule has 0 spiro atoms. The van der Waals surface area contributed by atoms with Gasteiger partial charge in [0.15, 0.2) is 0 Å². The van der Waals surface area contributed by atoms with E-state index >= 15 is 0 Å². The number of pyridine rings is 1. The molecule has 1 atom stereocenters. The van der Waals surface area contributed by atoms with Gasteiger partial charge in [-0.1, -0.05) is 13.8 Å². The molecule has 1 fully saturated rings. The summed E-state index contributed by atoms with van der Waals surface area (Å²) in [5.74, 6) is 0. The smallest absolute Gasteiger partial charge is 0.0540 e. The van der Waals surface area contributed by atoms with Gasteiger partial charge in [-0.2, -0.15) is 0 Å². The van der Waals surface area contributed by atoms with Crippen molar-refractivity contribution < 1.29 is 0 Å². The predicted octanol–water partition coefficient (Wildman–Crippen LogP) is 3.83. The molecule has 0 aliphatic heterocycles. The Hall–Kier alpha value is -0.570. The van der Waals surface area contributed by atoms with E-state index in [2.05, 4.69) is 46.1 Å². The first-order valence-corrected chi connectivity index (χ1v) is 6.22. The van der Waals surface area contributed by atoms with Crippen LogP contribution in [0.25, 0.3) is 0 Å². The standard InChI is InChI=1S/C12H17BrN2/c1-12(2)4-3-10(6-12)15-11-5-9(13)7-14-8-11/h5,7-8,10,15H,3-4,6H2,1-2H3. The summed E-state index contributed by atoms with van der Waals surface area (Å²) in [5.41, 5.74) is 1.61. The number of halogens is 1. The largest absolute Gasteiger partial charge is 0.381 e. The van der Waals surface area contributed by atoms with Crippen molar-refractivity contribution in [1.29, 1.82) is 0 Å². The molecule has 1 aliphatic rings. The second kappa shape index (κ2) is 4.12. The van der Waals surface area contributed by atoms with Crippen LogP contribution in [0.3, 0.4) is 0 Å². The van der Waals surface area contributed by atoms with Crippen molar-refractivity contribution in [3.63, 3.8) is 0 Å². The van der Waals surface area contributed by atoms with Gasteiger partial charge in [-0.3, -0.25) is 4.98 Å². The second-order valence-electron chi connectivity index (χ2n) is 5.14. The van der Waals surface area contributed by atoms with E-state index in [9.17, 15) is 0 Å². The van der Waals surface area contributed by atoms with Gasteiger partial charge >= 0.3 is 0 Å². The average Bonchev–Trinajstić information content (AvgIpc) is 2.45. The Morgan fingerprint density at radius 3 is 2.87 bits per heavy atom. The van der Waals surface area contributed by atoms with Gasteiger partial charge in [-0.15, -0.1) is 0 Å². The molecule has 0 bridgehead atoms. The summed E-state index contributed by atoms with van der Waals surface area (Å²) in [6, 6.07) is 2.69. The van der Waals surface area contributed by atoms with E-state index in [-0.39, 0.29) is 0 Å². The van der Waals surface area contributed by atoms with E-state index in [4.69, 9.17) is 0 Å². The van der Waals surface area contributed by atoms with Gasteiger partial charge in [-0.25, -0.2) is 0 Å². The Balaban J connectivity index is 1.99. The predicted molar refractivity (Wildman–Crippen MR) is 67.0 cm³/mol. The Morgan fingerprint density at radius 1 is 1.47 bits per heavy atom. The van der Waals surface area contributed by atoms with Crippen molar-refractivity contribution in [2.45, 2.75) is 39.2 Å². The van der Waals surface area contributed by atoms with Gasteiger partial charge < -0.3 is 5.32 Å². The van der Waals surface area contributed by atoms with Crippen LogP contribution in [0, 0.1) is 5.41 Å². The number of hydrogen-bond donors (Lipinski definition) is 1. The summed E-state index contributed by atoms with van der Waals surface area (Å²) < 4.78 is 1.03. The van der Waals surface area contributed by atoms with Gasteiger partial charge in [0.1, 0.15) is 0 Å². The van der Waals surface area contributed by atoms with E-state index in [1.807, 2.05) is 12.4 Å². The van der Waals surface area contributed by atoms with Crippen molar-refractivity contribution in [2.75, 3.05) is 5.32 Å². The number of aromatic nitrogens is 1. The lowest BCUT2D eigenvalue weighted by Gasteiger charge is -2.18. The van der Waals surface area contributed by atoms with E-state index in [0.29, 0.717) is 11.5 Å². The van der Waals surface area contributed by atoms with Crippen LogP contribution in [-0.4, -0.2) is 11.0 Å². The highest BCUT2D eigenvalue weighted by molar-refractivity contribution is 9.10. The summed E-state index contributed by atoms with van der Waals surface area (Å²) in [6.07, 6.45) is 7.52. The number of anilines is 1. The van der Waals surface area contributed by atoms with E-state index in [1.54, 1.807) is 0 Å². The van der Waals surface area contributed by atoms with Crippen molar-refractivity contribution in [2.24, 2.45) is 5.41 Å². The fourth-order valence-corrected chi connectivity index (χ4v) is 2.65. The third-order valence-corrected chi connectivity index (χ3v) is 3.48. The molecule has 1 unspecified atom stereocenters. The lowest BCUT2D eigenvalue weighted by Crippen LogP contribution is -2.17. The van der Waals surface area contributed by atoms with Crippen molar-refractivity contribution >= 4 is 21.6 Å². The van der Waals surface area contributed by atoms with Gasteiger partial charge in [0, 0.05) is 16.7 Å². The van der Waals surface area contributed by atoms with E-state index < -0.39 is 0 Å². The first-order valence-electron chi connectivity index (χ1n) is 5.42. The topological polar surface area (TPSA) is 24.9 Å². The highest BCUT2D eigenvalue weighted by Crippen LogP contribution is 2.38. The van der Waals surface area contributed by atoms with Gasteiger partial charge in [0.05, 0.1) is 11.9 Å². The number of rotatable bonds is 2. The summed E-state index contributed by atoms with van der Waals surface area (Å²) in [5, 5.41) is 3.54. The molecular formula is C12H17BrN2. The zero-order valence-corrected chi connectivity index (χ0v) is 10.8. The van der Waals surface area contributed by atoms with Crippen LogP contribution in [-0.2, 0) is 0 Å². The molecule has 0 amide bonds. The van der Waals surface area contributed by atoms with Crippen LogP contribution in [0.5, 0.6) is 0 Å². The second-order valence-corrected chi connectivity index (χ2v) is 6.06. The highest BCUT2D eigenvalue weighted by Gasteiger charge is 2.30. The molecule has 1 aromatic heterocycles. The Labute approximate surface area is 99.6 Å². The first kappa shape index (κ1) is 10.9. The lowest BCUT2D eigenvalue weighted by molar-refractivity contribution is 0.378. The molecule has 1 heterocycles. The summed E-state index contributed by atoms with van der Waals surface area (Å²) in [4.78, 5) is 4.15. The summed E-state index contributed by atoms with van der Waals surface area (Å²) >= 11 is 3.43. The van der Waals surface area contributed by atoms with E-state index in [1.165, 1.54) is 19.3 Å². The number of nitrogens with zero attached hydrogens (tertiary/aromatic N) is 1. The monoisotopic (exact) mass is 268 g/mol. The van der Waals surface area contributed by atoms with Gasteiger partial charge in [-0.05, 0) is 46.7 Å². The number of nitrogens with one attached hydrogen (secondary N) is 1. The molecule has 1 aliphatic carbocycles. The minimum atomic E-state index is 0.497. The maximum Gasteiger partial charge on any atom is 0.0540 e. The van der Waals surface area contributed by atoms with E-state index in [0.717, 1.165) is 10.2 Å². The molecular weight excluding hydrogens is 252 g/mol. The lowest BCUT2D eigenvalue weighted by atomic mass is 9.92. The maximum absolute atomic E-state index is 4.15. The van der Waals surface area contributed by atoms with Crippen LogP contribution >= 0.6 is 15.9 Å². The van der Waals surface area contributed by atoms with Gasteiger partial charge in [0.2, 0.25) is 0 Å². The molecule has 1 N–H and O–H groups in total. The van der Waals surface area contributed by atoms with Crippen LogP contribution < -0.4 is 5.32 Å². The molecule has 1 aromatic rings. The fourth-order valence-electron chi connectivity index (χ4n) is 2.29. The van der Waals surface area contributed by atoms with Crippen LogP contribution in [0.15, 0.2) is 22.9 Å².